The first-order valence-corrected chi connectivity index (χ1v) is 11.9. The van der Waals surface area contributed by atoms with E-state index >= 15 is 0 Å². The predicted octanol–water partition coefficient (Wildman–Crippen LogP) is 2.06. The van der Waals surface area contributed by atoms with Gasteiger partial charge in [-0.15, -0.1) is 0 Å². The van der Waals surface area contributed by atoms with Crippen molar-refractivity contribution in [2.24, 2.45) is 13.0 Å². The highest BCUT2D eigenvalue weighted by molar-refractivity contribution is 5.96. The molecule has 0 radical (unpaired) electrons. The van der Waals surface area contributed by atoms with Gasteiger partial charge in [0.2, 0.25) is 5.91 Å². The number of benzene rings is 1. The first-order chi connectivity index (χ1) is 15.9. The Balaban J connectivity index is 1.33. The number of rotatable bonds is 4. The highest BCUT2D eigenvalue weighted by Crippen LogP contribution is 2.27. The molecule has 0 bridgehead atoms. The molecule has 1 aromatic carbocycles. The Morgan fingerprint density at radius 3 is 2.64 bits per heavy atom. The summed E-state index contributed by atoms with van der Waals surface area (Å²) in [6.07, 6.45) is 4.39. The first-order valence-electron chi connectivity index (χ1n) is 11.9. The number of hydrogen-bond acceptors (Lipinski definition) is 4. The van der Waals surface area contributed by atoms with Crippen LogP contribution in [0, 0.1) is 12.8 Å². The lowest BCUT2D eigenvalue weighted by Gasteiger charge is -2.32. The van der Waals surface area contributed by atoms with Gasteiger partial charge < -0.3 is 15.1 Å². The summed E-state index contributed by atoms with van der Waals surface area (Å²) in [5, 5.41) is 7.64. The van der Waals surface area contributed by atoms with Gasteiger partial charge in [0.05, 0.1) is 12.5 Å². The van der Waals surface area contributed by atoms with Crippen LogP contribution in [0.2, 0.25) is 0 Å². The molecule has 3 amide bonds. The lowest BCUT2D eigenvalue weighted by Crippen LogP contribution is -2.46. The van der Waals surface area contributed by atoms with Gasteiger partial charge in [-0.1, -0.05) is 17.7 Å². The number of aromatic nitrogens is 2. The van der Waals surface area contributed by atoms with Crippen LogP contribution in [0.3, 0.4) is 0 Å². The van der Waals surface area contributed by atoms with Crippen LogP contribution in [-0.4, -0.2) is 63.0 Å². The minimum absolute atomic E-state index is 0.0265. The maximum Gasteiger partial charge on any atom is 0.274 e. The summed E-state index contributed by atoms with van der Waals surface area (Å²) in [7, 11) is 1.86. The molecule has 5 rings (SSSR count). The number of nitrogens with zero attached hydrogens (tertiary/aromatic N) is 4. The molecule has 1 atom stereocenters. The number of carbonyl (C=O) groups is 3. The van der Waals surface area contributed by atoms with E-state index < -0.39 is 0 Å². The van der Waals surface area contributed by atoms with Gasteiger partial charge in [0.1, 0.15) is 0 Å². The molecular weight excluding hydrogens is 418 g/mol. The van der Waals surface area contributed by atoms with Crippen molar-refractivity contribution in [3.63, 3.8) is 0 Å². The monoisotopic (exact) mass is 449 g/mol. The van der Waals surface area contributed by atoms with Crippen LogP contribution in [0.25, 0.3) is 0 Å². The van der Waals surface area contributed by atoms with Gasteiger partial charge in [-0.2, -0.15) is 5.10 Å². The molecule has 0 spiro atoms. The van der Waals surface area contributed by atoms with Crippen molar-refractivity contribution in [2.45, 2.75) is 51.6 Å². The van der Waals surface area contributed by atoms with E-state index in [1.165, 1.54) is 0 Å². The molecule has 1 saturated carbocycles. The van der Waals surface area contributed by atoms with Gasteiger partial charge in [0, 0.05) is 56.0 Å². The Bertz CT molecular complexity index is 1100. The zero-order chi connectivity index (χ0) is 23.1. The Labute approximate surface area is 193 Å². The van der Waals surface area contributed by atoms with Crippen molar-refractivity contribution in [3.05, 3.63) is 52.3 Å². The summed E-state index contributed by atoms with van der Waals surface area (Å²) >= 11 is 0. The van der Waals surface area contributed by atoms with Crippen LogP contribution in [-0.2, 0) is 24.8 Å². The Kier molecular flexibility index (Phi) is 5.68. The second-order valence-corrected chi connectivity index (χ2v) is 9.62. The SMILES string of the molecule is Cc1cccc(C(=O)N2CCc3c(c(C(=O)N4CCC[C@@H](C(=O)NC5CC5)C4)nn3C)C2)c1. The van der Waals surface area contributed by atoms with E-state index in [-0.39, 0.29) is 23.6 Å². The topological polar surface area (TPSA) is 87.5 Å². The van der Waals surface area contributed by atoms with Crippen molar-refractivity contribution in [2.75, 3.05) is 19.6 Å². The third-order valence-corrected chi connectivity index (χ3v) is 7.00. The average molecular weight is 450 g/mol. The summed E-state index contributed by atoms with van der Waals surface area (Å²) in [6, 6.07) is 7.92. The molecule has 8 nitrogen and oxygen atoms in total. The van der Waals surface area contributed by atoms with Crippen LogP contribution in [0.4, 0.5) is 0 Å². The number of amides is 3. The third kappa shape index (κ3) is 4.38. The fourth-order valence-electron chi connectivity index (χ4n) is 4.97. The quantitative estimate of drug-likeness (QED) is 0.774. The molecule has 0 unspecified atom stereocenters. The molecule has 1 aromatic heterocycles. The molecule has 33 heavy (non-hydrogen) atoms. The van der Waals surface area contributed by atoms with Crippen molar-refractivity contribution in [3.8, 4) is 0 Å². The molecular formula is C25H31N5O3. The summed E-state index contributed by atoms with van der Waals surface area (Å²) in [6.45, 7) is 3.99. The molecule has 2 fully saturated rings. The number of nitrogens with one attached hydrogen (secondary N) is 1. The molecule has 2 aromatic rings. The number of piperidine rings is 1. The second-order valence-electron chi connectivity index (χ2n) is 9.62. The van der Waals surface area contributed by atoms with Crippen LogP contribution < -0.4 is 5.32 Å². The van der Waals surface area contributed by atoms with Crippen LogP contribution in [0.15, 0.2) is 24.3 Å². The van der Waals surface area contributed by atoms with E-state index in [0.29, 0.717) is 49.9 Å². The highest BCUT2D eigenvalue weighted by atomic mass is 16.2. The van der Waals surface area contributed by atoms with E-state index in [0.717, 1.165) is 42.5 Å². The fraction of sp³-hybridized carbons (Fsp3) is 0.520. The van der Waals surface area contributed by atoms with Gasteiger partial charge in [-0.05, 0) is 44.7 Å². The van der Waals surface area contributed by atoms with E-state index in [2.05, 4.69) is 10.4 Å². The first kappa shape index (κ1) is 21.7. The fourth-order valence-corrected chi connectivity index (χ4v) is 4.97. The van der Waals surface area contributed by atoms with E-state index in [1.54, 1.807) is 14.5 Å². The summed E-state index contributed by atoms with van der Waals surface area (Å²) in [5.74, 6) is -0.266. The highest BCUT2D eigenvalue weighted by Gasteiger charge is 2.35. The zero-order valence-corrected chi connectivity index (χ0v) is 19.3. The normalized spacial score (nSPS) is 20.4. The third-order valence-electron chi connectivity index (χ3n) is 7.00. The number of fused-ring (bicyclic) bond motifs is 1. The average Bonchev–Trinajstić information content (AvgIpc) is 3.59. The largest absolute Gasteiger partial charge is 0.353 e. The molecule has 8 heteroatoms. The molecule has 174 valence electrons. The molecule has 2 aliphatic heterocycles. The number of aryl methyl sites for hydroxylation is 2. The Morgan fingerprint density at radius 1 is 1.06 bits per heavy atom. The molecule has 3 heterocycles. The number of likely N-dealkylation sites (tertiary alicyclic amines) is 1. The molecule has 1 N–H and O–H groups in total. The summed E-state index contributed by atoms with van der Waals surface area (Å²) < 4.78 is 1.78. The Hall–Kier alpha value is -3.16. The van der Waals surface area contributed by atoms with Crippen molar-refractivity contribution >= 4 is 17.7 Å². The minimum atomic E-state index is -0.165. The van der Waals surface area contributed by atoms with Crippen LogP contribution in [0.1, 0.15) is 63.4 Å². The van der Waals surface area contributed by atoms with Crippen molar-refractivity contribution < 1.29 is 14.4 Å². The van der Waals surface area contributed by atoms with E-state index in [4.69, 9.17) is 0 Å². The lowest BCUT2D eigenvalue weighted by molar-refractivity contribution is -0.126. The van der Waals surface area contributed by atoms with E-state index in [1.807, 2.05) is 38.2 Å². The van der Waals surface area contributed by atoms with Gasteiger partial charge in [-0.3, -0.25) is 19.1 Å². The lowest BCUT2D eigenvalue weighted by atomic mass is 9.96. The number of hydrogen-bond donors (Lipinski definition) is 1. The predicted molar refractivity (Wildman–Crippen MR) is 123 cm³/mol. The Morgan fingerprint density at radius 2 is 1.88 bits per heavy atom. The minimum Gasteiger partial charge on any atom is -0.353 e. The van der Waals surface area contributed by atoms with Crippen molar-refractivity contribution in [1.82, 2.24) is 24.9 Å². The van der Waals surface area contributed by atoms with Gasteiger partial charge in [0.25, 0.3) is 11.8 Å². The molecule has 3 aliphatic rings. The maximum atomic E-state index is 13.5. The molecule has 1 saturated heterocycles. The maximum absolute atomic E-state index is 13.5. The second kappa shape index (κ2) is 8.65. The summed E-state index contributed by atoms with van der Waals surface area (Å²) in [5.41, 5.74) is 3.96. The standard InChI is InChI=1S/C25H31N5O3/c1-16-5-3-6-17(13-16)24(32)30-12-10-21-20(15-30)22(27-28(21)2)25(33)29-11-4-7-18(14-29)23(31)26-19-8-9-19/h3,5-6,13,18-19H,4,7-12,14-15H2,1-2H3,(H,26,31)/t18-/m1/s1. The van der Waals surface area contributed by atoms with Crippen LogP contribution in [0.5, 0.6) is 0 Å². The number of carbonyl (C=O) groups excluding carboxylic acids is 3. The van der Waals surface area contributed by atoms with Crippen molar-refractivity contribution in [1.29, 1.82) is 0 Å². The van der Waals surface area contributed by atoms with E-state index in [9.17, 15) is 14.4 Å². The summed E-state index contributed by atoms with van der Waals surface area (Å²) in [4.78, 5) is 42.7. The molecule has 1 aliphatic carbocycles. The van der Waals surface area contributed by atoms with Crippen LogP contribution >= 0.6 is 0 Å². The smallest absolute Gasteiger partial charge is 0.274 e. The van der Waals surface area contributed by atoms with Gasteiger partial charge in [0.15, 0.2) is 5.69 Å². The zero-order valence-electron chi connectivity index (χ0n) is 19.3. The van der Waals surface area contributed by atoms with Gasteiger partial charge >= 0.3 is 0 Å². The van der Waals surface area contributed by atoms with Gasteiger partial charge in [-0.25, -0.2) is 0 Å².